The second-order valence-electron chi connectivity index (χ2n) is 8.27. The molecule has 0 unspecified atom stereocenters. The minimum absolute atomic E-state index is 0.101. The molecule has 2 aliphatic rings. The van der Waals surface area contributed by atoms with Crippen LogP contribution in [-0.4, -0.2) is 60.6 Å². The van der Waals surface area contributed by atoms with Gasteiger partial charge in [-0.1, -0.05) is 42.1 Å². The number of carbonyl (C=O) groups is 2. The van der Waals surface area contributed by atoms with E-state index < -0.39 is 35.8 Å². The molecule has 1 saturated heterocycles. The smallest absolute Gasteiger partial charge is 0.306 e. The Bertz CT molecular complexity index is 769. The molecule has 0 saturated carbocycles. The maximum atomic E-state index is 12.5. The van der Waals surface area contributed by atoms with Crippen LogP contribution in [0.1, 0.15) is 51.4 Å². The average Bonchev–Trinajstić information content (AvgIpc) is 2.81. The summed E-state index contributed by atoms with van der Waals surface area (Å²) in [4.78, 5) is 25.7. The highest BCUT2D eigenvalue weighted by Crippen LogP contribution is 2.36. The number of hydrogen-bond donors (Lipinski definition) is 1. The van der Waals surface area contributed by atoms with E-state index in [4.69, 9.17) is 18.9 Å². The number of cyclic esters (lactones) is 1. The Hall–Kier alpha value is -1.87. The van der Waals surface area contributed by atoms with Crippen LogP contribution in [0.2, 0.25) is 0 Å². The zero-order valence-corrected chi connectivity index (χ0v) is 19.9. The highest BCUT2D eigenvalue weighted by Gasteiger charge is 2.48. The van der Waals surface area contributed by atoms with E-state index in [0.717, 1.165) is 37.0 Å². The van der Waals surface area contributed by atoms with Gasteiger partial charge in [0, 0.05) is 24.8 Å². The molecule has 0 amide bonds. The number of esters is 2. The van der Waals surface area contributed by atoms with Gasteiger partial charge in [-0.05, 0) is 50.7 Å². The summed E-state index contributed by atoms with van der Waals surface area (Å²) in [5.41, 5.74) is -0.564. The Labute approximate surface area is 199 Å². The third kappa shape index (κ3) is 8.14. The topological polar surface area (TPSA) is 91.3 Å². The maximum Gasteiger partial charge on any atom is 0.306 e. The van der Waals surface area contributed by atoms with Crippen LogP contribution in [0.3, 0.4) is 0 Å². The van der Waals surface area contributed by atoms with Crippen molar-refractivity contribution < 1.29 is 33.6 Å². The van der Waals surface area contributed by atoms with Crippen molar-refractivity contribution in [3.8, 4) is 0 Å². The summed E-state index contributed by atoms with van der Waals surface area (Å²) in [7, 11) is 1.49. The second kappa shape index (κ2) is 13.7. The van der Waals surface area contributed by atoms with E-state index in [1.807, 2.05) is 30.3 Å². The van der Waals surface area contributed by atoms with Crippen LogP contribution in [0.5, 0.6) is 0 Å². The monoisotopic (exact) mass is 478 g/mol. The van der Waals surface area contributed by atoms with Crippen LogP contribution < -0.4 is 0 Å². The predicted molar refractivity (Wildman–Crippen MR) is 125 cm³/mol. The number of fused-ring (bicyclic) bond motifs is 1. The van der Waals surface area contributed by atoms with Gasteiger partial charge in [0.1, 0.15) is 30.4 Å². The van der Waals surface area contributed by atoms with Crippen molar-refractivity contribution in [2.24, 2.45) is 0 Å². The molecule has 0 aromatic heterocycles. The molecule has 2 heterocycles. The molecule has 0 aliphatic carbocycles. The van der Waals surface area contributed by atoms with Crippen molar-refractivity contribution in [3.63, 3.8) is 0 Å². The zero-order chi connectivity index (χ0) is 23.5. The number of hydrogen-bond acceptors (Lipinski definition) is 8. The van der Waals surface area contributed by atoms with Crippen LogP contribution in [0.15, 0.2) is 47.4 Å². The number of allylic oxidation sites excluding steroid dienone is 2. The van der Waals surface area contributed by atoms with Gasteiger partial charge < -0.3 is 24.1 Å². The number of rotatable bonds is 3. The van der Waals surface area contributed by atoms with Gasteiger partial charge in [0.05, 0.1) is 0 Å². The van der Waals surface area contributed by atoms with Gasteiger partial charge in [0.15, 0.2) is 6.10 Å². The maximum absolute atomic E-state index is 12.5. The largest absolute Gasteiger partial charge is 0.463 e. The van der Waals surface area contributed by atoms with Crippen LogP contribution in [-0.2, 0) is 28.5 Å². The molecule has 7 nitrogen and oxygen atoms in total. The second-order valence-corrected chi connectivity index (χ2v) is 9.44. The third-order valence-electron chi connectivity index (χ3n) is 5.73. The van der Waals surface area contributed by atoms with Crippen molar-refractivity contribution in [2.45, 2.75) is 86.1 Å². The standard InChI is InChI=1S/C25H34O7S/c1-29-24-22(28)23-19(31-25(24)33-18-13-9-8-10-14-18)17-30-20(26)15-11-6-4-2-3-5-7-12-16-21(27)32-23/h2-3,8-10,13-14,19,22-25,28H,4-7,11-12,15-17H2,1H3/b3-2+/t19-,22+,23-,24-,25+/m1/s1. The van der Waals surface area contributed by atoms with Crippen molar-refractivity contribution in [1.29, 1.82) is 0 Å². The first-order valence-electron chi connectivity index (χ1n) is 11.7. The third-order valence-corrected chi connectivity index (χ3v) is 6.89. The fourth-order valence-corrected chi connectivity index (χ4v) is 5.10. The Balaban J connectivity index is 1.74. The quantitative estimate of drug-likeness (QED) is 0.514. The van der Waals surface area contributed by atoms with E-state index in [1.54, 1.807) is 0 Å². The summed E-state index contributed by atoms with van der Waals surface area (Å²) >= 11 is 1.41. The van der Waals surface area contributed by atoms with Crippen molar-refractivity contribution >= 4 is 23.7 Å². The van der Waals surface area contributed by atoms with E-state index >= 15 is 0 Å². The van der Waals surface area contributed by atoms with Gasteiger partial charge in [-0.2, -0.15) is 0 Å². The molecule has 2 aliphatic heterocycles. The van der Waals surface area contributed by atoms with E-state index in [-0.39, 0.29) is 19.0 Å². The minimum atomic E-state index is -1.12. The first-order chi connectivity index (χ1) is 16.1. The fourth-order valence-electron chi connectivity index (χ4n) is 3.91. The molecule has 5 atom stereocenters. The molecule has 1 aromatic rings. The highest BCUT2D eigenvalue weighted by molar-refractivity contribution is 7.99. The van der Waals surface area contributed by atoms with Gasteiger partial charge in [0.25, 0.3) is 0 Å². The predicted octanol–water partition coefficient (Wildman–Crippen LogP) is 4.03. The first kappa shape index (κ1) is 25.7. The number of thioether (sulfide) groups is 1. The Morgan fingerprint density at radius 2 is 1.64 bits per heavy atom. The van der Waals surface area contributed by atoms with E-state index in [2.05, 4.69) is 12.2 Å². The molecule has 1 aromatic carbocycles. The summed E-state index contributed by atoms with van der Waals surface area (Å²) in [6.07, 6.45) is 6.25. The van der Waals surface area contributed by atoms with Gasteiger partial charge in [-0.3, -0.25) is 9.59 Å². The number of benzene rings is 1. The molecule has 0 radical (unpaired) electrons. The molecule has 8 heteroatoms. The summed E-state index contributed by atoms with van der Waals surface area (Å²) in [6.45, 7) is -0.101. The molecule has 0 spiro atoms. The molecular formula is C25H34O7S. The lowest BCUT2D eigenvalue weighted by Gasteiger charge is -2.43. The molecule has 1 fully saturated rings. The molecule has 33 heavy (non-hydrogen) atoms. The molecule has 1 N–H and O–H groups in total. The zero-order valence-electron chi connectivity index (χ0n) is 19.1. The van der Waals surface area contributed by atoms with Crippen LogP contribution in [0.25, 0.3) is 0 Å². The number of methoxy groups -OCH3 is 1. The normalized spacial score (nSPS) is 31.5. The lowest BCUT2D eigenvalue weighted by molar-refractivity contribution is -0.228. The number of ether oxygens (including phenoxy) is 4. The Morgan fingerprint density at radius 3 is 2.30 bits per heavy atom. The van der Waals surface area contributed by atoms with E-state index in [1.165, 1.54) is 18.9 Å². The Kier molecular flexibility index (Phi) is 10.7. The van der Waals surface area contributed by atoms with Crippen LogP contribution in [0, 0.1) is 0 Å². The van der Waals surface area contributed by atoms with Crippen LogP contribution in [0.4, 0.5) is 0 Å². The highest BCUT2D eigenvalue weighted by atomic mass is 32.2. The van der Waals surface area contributed by atoms with Crippen LogP contribution >= 0.6 is 11.8 Å². The van der Waals surface area contributed by atoms with E-state index in [0.29, 0.717) is 12.8 Å². The first-order valence-corrected chi connectivity index (χ1v) is 12.5. The molecular weight excluding hydrogens is 444 g/mol. The lowest BCUT2D eigenvalue weighted by Crippen LogP contribution is -2.59. The van der Waals surface area contributed by atoms with Gasteiger partial charge in [0.2, 0.25) is 0 Å². The lowest BCUT2D eigenvalue weighted by atomic mass is 9.99. The number of carbonyl (C=O) groups excluding carboxylic acids is 2. The number of aliphatic hydroxyl groups excluding tert-OH is 1. The number of aliphatic hydroxyl groups is 1. The van der Waals surface area contributed by atoms with Crippen molar-refractivity contribution in [3.05, 3.63) is 42.5 Å². The SMILES string of the molecule is CO[C@@H]1[C@@H](O)[C@@H]2OC(=O)CCCC/C=C/CCCCC(=O)OC[C@H]2O[C@H]1Sc1ccccc1. The summed E-state index contributed by atoms with van der Waals surface area (Å²) in [6, 6.07) is 9.63. The van der Waals surface area contributed by atoms with Gasteiger partial charge >= 0.3 is 11.9 Å². The fraction of sp³-hybridized carbons (Fsp3) is 0.600. The molecule has 3 rings (SSSR count). The van der Waals surface area contributed by atoms with E-state index in [9.17, 15) is 14.7 Å². The summed E-state index contributed by atoms with van der Waals surface area (Å²) < 4.78 is 22.8. The molecule has 0 bridgehead atoms. The summed E-state index contributed by atoms with van der Waals surface area (Å²) in [5.74, 6) is -0.733. The Morgan fingerprint density at radius 1 is 0.970 bits per heavy atom. The van der Waals surface area contributed by atoms with Gasteiger partial charge in [-0.25, -0.2) is 0 Å². The average molecular weight is 479 g/mol. The van der Waals surface area contributed by atoms with Gasteiger partial charge in [-0.15, -0.1) is 0 Å². The van der Waals surface area contributed by atoms with Crippen molar-refractivity contribution in [1.82, 2.24) is 0 Å². The van der Waals surface area contributed by atoms with Crippen molar-refractivity contribution in [2.75, 3.05) is 13.7 Å². The summed E-state index contributed by atoms with van der Waals surface area (Å²) in [5, 5.41) is 11.1. The molecule has 182 valence electrons. The minimum Gasteiger partial charge on any atom is -0.463 e.